The molecule has 32 heavy (non-hydrogen) atoms. The van der Waals surface area contributed by atoms with Gasteiger partial charge in [-0.05, 0) is 73.9 Å². The van der Waals surface area contributed by atoms with Crippen molar-refractivity contribution in [2.24, 2.45) is 0 Å². The second-order valence-electron chi connectivity index (χ2n) is 10.4. The summed E-state index contributed by atoms with van der Waals surface area (Å²) in [5.41, 5.74) is 5.57. The predicted molar refractivity (Wildman–Crippen MR) is 131 cm³/mol. The highest BCUT2D eigenvalue weighted by atomic mass is 15.4. The molecule has 6 rings (SSSR count). The van der Waals surface area contributed by atoms with E-state index in [0.717, 1.165) is 13.1 Å². The Hall–Kier alpha value is -1.72. The zero-order valence-corrected chi connectivity index (χ0v) is 19.5. The first-order valence-corrected chi connectivity index (χ1v) is 13.0. The van der Waals surface area contributed by atoms with Crippen molar-refractivity contribution < 1.29 is 0 Å². The molecule has 0 aromatic heterocycles. The van der Waals surface area contributed by atoms with Crippen LogP contribution in [0.3, 0.4) is 0 Å². The zero-order valence-electron chi connectivity index (χ0n) is 19.5. The van der Waals surface area contributed by atoms with E-state index in [1.807, 2.05) is 0 Å². The van der Waals surface area contributed by atoms with Crippen LogP contribution in [-0.2, 0) is 13.1 Å². The monoisotopic (exact) mass is 430 g/mol. The van der Waals surface area contributed by atoms with Crippen molar-refractivity contribution in [3.8, 4) is 11.1 Å². The molecule has 0 amide bonds. The predicted octanol–water partition coefficient (Wildman–Crippen LogP) is 4.61. The molecule has 0 aliphatic carbocycles. The molecule has 2 unspecified atom stereocenters. The summed E-state index contributed by atoms with van der Waals surface area (Å²) in [5, 5.41) is 0. The Morgan fingerprint density at radius 2 is 0.906 bits per heavy atom. The lowest BCUT2D eigenvalue weighted by Crippen LogP contribution is -2.49. The SMILES string of the molecule is c1cc(-c2ccc(CN3CCCN4CCCC43)cc2)ccc1CN1CCCN2CCCC21. The van der Waals surface area contributed by atoms with Crippen LogP contribution >= 0.6 is 0 Å². The smallest absolute Gasteiger partial charge is 0.0625 e. The van der Waals surface area contributed by atoms with Gasteiger partial charge in [-0.1, -0.05) is 48.5 Å². The number of hydrogen-bond donors (Lipinski definition) is 0. The van der Waals surface area contributed by atoms with Gasteiger partial charge < -0.3 is 0 Å². The average molecular weight is 431 g/mol. The van der Waals surface area contributed by atoms with E-state index >= 15 is 0 Å². The summed E-state index contributed by atoms with van der Waals surface area (Å²) in [6.45, 7) is 9.88. The molecule has 0 bridgehead atoms. The Balaban J connectivity index is 1.08. The van der Waals surface area contributed by atoms with Crippen molar-refractivity contribution in [3.05, 3.63) is 59.7 Å². The molecule has 0 saturated carbocycles. The van der Waals surface area contributed by atoms with Gasteiger partial charge in [0.2, 0.25) is 0 Å². The number of rotatable bonds is 5. The van der Waals surface area contributed by atoms with Crippen LogP contribution in [0.1, 0.15) is 49.7 Å². The van der Waals surface area contributed by atoms with Gasteiger partial charge >= 0.3 is 0 Å². The third-order valence-electron chi connectivity index (χ3n) is 8.30. The van der Waals surface area contributed by atoms with Crippen molar-refractivity contribution in [3.63, 3.8) is 0 Å². The molecule has 4 saturated heterocycles. The molecule has 2 atom stereocenters. The van der Waals surface area contributed by atoms with Gasteiger partial charge in [-0.3, -0.25) is 19.6 Å². The van der Waals surface area contributed by atoms with Crippen molar-refractivity contribution in [2.45, 2.75) is 63.9 Å². The normalized spacial score (nSPS) is 27.5. The molecule has 4 heterocycles. The lowest BCUT2D eigenvalue weighted by atomic mass is 10.0. The van der Waals surface area contributed by atoms with E-state index < -0.39 is 0 Å². The second kappa shape index (κ2) is 9.26. The van der Waals surface area contributed by atoms with E-state index in [-0.39, 0.29) is 0 Å². The summed E-state index contributed by atoms with van der Waals surface area (Å²) < 4.78 is 0. The molecular weight excluding hydrogens is 392 g/mol. The molecule has 170 valence electrons. The molecule has 4 fully saturated rings. The van der Waals surface area contributed by atoms with E-state index in [0.29, 0.717) is 12.3 Å². The van der Waals surface area contributed by atoms with Crippen LogP contribution in [0.4, 0.5) is 0 Å². The van der Waals surface area contributed by atoms with Crippen molar-refractivity contribution in [2.75, 3.05) is 39.3 Å². The molecule has 4 aliphatic heterocycles. The lowest BCUT2D eigenvalue weighted by Gasteiger charge is -2.40. The third kappa shape index (κ3) is 4.26. The second-order valence-corrected chi connectivity index (χ2v) is 10.4. The van der Waals surface area contributed by atoms with Crippen molar-refractivity contribution in [1.29, 1.82) is 0 Å². The van der Waals surface area contributed by atoms with E-state index in [4.69, 9.17) is 0 Å². The van der Waals surface area contributed by atoms with Crippen LogP contribution in [0.2, 0.25) is 0 Å². The van der Waals surface area contributed by atoms with Gasteiger partial charge in [0.15, 0.2) is 0 Å². The van der Waals surface area contributed by atoms with Crippen LogP contribution in [0.5, 0.6) is 0 Å². The van der Waals surface area contributed by atoms with E-state index in [1.165, 1.54) is 100 Å². The van der Waals surface area contributed by atoms with Gasteiger partial charge in [0, 0.05) is 39.3 Å². The molecule has 4 nitrogen and oxygen atoms in total. The summed E-state index contributed by atoms with van der Waals surface area (Å²) >= 11 is 0. The fraction of sp³-hybridized carbons (Fsp3) is 0.571. The average Bonchev–Trinajstić information content (AvgIpc) is 3.51. The fourth-order valence-electron chi connectivity index (χ4n) is 6.66. The first-order valence-electron chi connectivity index (χ1n) is 13.0. The van der Waals surface area contributed by atoms with Crippen LogP contribution in [0.25, 0.3) is 11.1 Å². The first kappa shape index (κ1) is 20.9. The Labute approximate surface area is 193 Å². The van der Waals surface area contributed by atoms with Crippen LogP contribution in [0, 0.1) is 0 Å². The summed E-state index contributed by atoms with van der Waals surface area (Å²) in [4.78, 5) is 10.8. The van der Waals surface area contributed by atoms with Gasteiger partial charge in [0.1, 0.15) is 0 Å². The minimum absolute atomic E-state index is 0.687. The quantitative estimate of drug-likeness (QED) is 0.687. The highest BCUT2D eigenvalue weighted by molar-refractivity contribution is 5.64. The van der Waals surface area contributed by atoms with Crippen LogP contribution in [-0.4, -0.2) is 71.2 Å². The largest absolute Gasteiger partial charge is 0.288 e. The maximum Gasteiger partial charge on any atom is 0.0625 e. The van der Waals surface area contributed by atoms with E-state index in [1.54, 1.807) is 0 Å². The summed E-state index contributed by atoms with van der Waals surface area (Å²) in [5.74, 6) is 0. The van der Waals surface area contributed by atoms with Gasteiger partial charge in [-0.2, -0.15) is 0 Å². The molecule has 4 heteroatoms. The maximum atomic E-state index is 2.70. The van der Waals surface area contributed by atoms with Gasteiger partial charge in [0.25, 0.3) is 0 Å². The topological polar surface area (TPSA) is 13.0 Å². The minimum Gasteiger partial charge on any atom is -0.288 e. The fourth-order valence-corrected chi connectivity index (χ4v) is 6.66. The number of fused-ring (bicyclic) bond motifs is 2. The Morgan fingerprint density at radius 3 is 1.34 bits per heavy atom. The molecule has 0 spiro atoms. The minimum atomic E-state index is 0.687. The summed E-state index contributed by atoms with van der Waals surface area (Å²) in [6.07, 6.45) is 9.44. The van der Waals surface area contributed by atoms with Gasteiger partial charge in [-0.15, -0.1) is 0 Å². The van der Waals surface area contributed by atoms with Crippen molar-refractivity contribution >= 4 is 0 Å². The highest BCUT2D eigenvalue weighted by Gasteiger charge is 2.33. The highest BCUT2D eigenvalue weighted by Crippen LogP contribution is 2.29. The van der Waals surface area contributed by atoms with E-state index in [2.05, 4.69) is 68.1 Å². The van der Waals surface area contributed by atoms with Gasteiger partial charge in [-0.25, -0.2) is 0 Å². The summed E-state index contributed by atoms with van der Waals surface area (Å²) in [6, 6.07) is 18.7. The number of hydrogen-bond acceptors (Lipinski definition) is 4. The molecule has 2 aromatic carbocycles. The molecule has 0 radical (unpaired) electrons. The van der Waals surface area contributed by atoms with Crippen molar-refractivity contribution in [1.82, 2.24) is 19.6 Å². The molecular formula is C28H38N4. The summed E-state index contributed by atoms with van der Waals surface area (Å²) in [7, 11) is 0. The first-order chi connectivity index (χ1) is 15.8. The van der Waals surface area contributed by atoms with Crippen LogP contribution < -0.4 is 0 Å². The molecule has 4 aliphatic rings. The lowest BCUT2D eigenvalue weighted by molar-refractivity contribution is 0.0287. The Kier molecular flexibility index (Phi) is 6.04. The Bertz CT molecular complexity index is 817. The maximum absolute atomic E-state index is 2.70. The number of nitrogens with zero attached hydrogens (tertiary/aromatic N) is 4. The third-order valence-corrected chi connectivity index (χ3v) is 8.30. The molecule has 0 N–H and O–H groups in total. The van der Waals surface area contributed by atoms with Crippen LogP contribution in [0.15, 0.2) is 48.5 Å². The number of benzene rings is 2. The zero-order chi connectivity index (χ0) is 21.3. The Morgan fingerprint density at radius 1 is 0.500 bits per heavy atom. The standard InChI is InChI=1S/C28H38N4/c1-5-27-29(15-1)17-3-19-31(27)21-23-7-11-25(12-8-23)26-13-9-24(10-14-26)22-32-20-4-18-30-16-2-6-28(30)32/h7-14,27-28H,1-6,15-22H2. The van der Waals surface area contributed by atoms with E-state index in [9.17, 15) is 0 Å². The molecule has 2 aromatic rings. The van der Waals surface area contributed by atoms with Gasteiger partial charge in [0.05, 0.1) is 12.3 Å².